The lowest BCUT2D eigenvalue weighted by atomic mass is 9.98. The molecule has 0 aliphatic carbocycles. The van der Waals surface area contributed by atoms with E-state index >= 15 is 0 Å². The van der Waals surface area contributed by atoms with E-state index in [0.29, 0.717) is 12.5 Å². The first kappa shape index (κ1) is 16.6. The Labute approximate surface area is 132 Å². The van der Waals surface area contributed by atoms with Crippen LogP contribution in [0.4, 0.5) is 0 Å². The highest BCUT2D eigenvalue weighted by Crippen LogP contribution is 2.28. The molecule has 2 N–H and O–H groups in total. The Morgan fingerprint density at radius 3 is 2.95 bits per heavy atom. The number of carbonyl (C=O) groups is 1. The van der Waals surface area contributed by atoms with Gasteiger partial charge in [-0.25, -0.2) is 0 Å². The number of ether oxygens (including phenoxy) is 1. The summed E-state index contributed by atoms with van der Waals surface area (Å²) >= 11 is 0. The van der Waals surface area contributed by atoms with E-state index in [0.717, 1.165) is 31.7 Å². The number of rotatable bonds is 7. The van der Waals surface area contributed by atoms with Crippen molar-refractivity contribution in [1.82, 2.24) is 10.6 Å². The van der Waals surface area contributed by atoms with Crippen molar-refractivity contribution in [2.75, 3.05) is 26.2 Å². The second kappa shape index (κ2) is 8.59. The molecule has 4 heteroatoms. The lowest BCUT2D eigenvalue weighted by Crippen LogP contribution is -2.32. The zero-order chi connectivity index (χ0) is 15.8. The third kappa shape index (κ3) is 4.88. The highest BCUT2D eigenvalue weighted by molar-refractivity contribution is 5.77. The Morgan fingerprint density at radius 1 is 1.41 bits per heavy atom. The molecule has 1 unspecified atom stereocenters. The maximum atomic E-state index is 11.9. The second-order valence-corrected chi connectivity index (χ2v) is 5.73. The lowest BCUT2D eigenvalue weighted by molar-refractivity contribution is -0.122. The maximum absolute atomic E-state index is 11.9. The topological polar surface area (TPSA) is 50.4 Å². The molecule has 1 amide bonds. The molecule has 1 aromatic rings. The fraction of sp³-hybridized carbons (Fsp3) is 0.500. The predicted molar refractivity (Wildman–Crippen MR) is 89.2 cm³/mol. The lowest BCUT2D eigenvalue weighted by Gasteiger charge is -2.16. The van der Waals surface area contributed by atoms with E-state index in [2.05, 4.69) is 36.6 Å². The van der Waals surface area contributed by atoms with Gasteiger partial charge < -0.3 is 15.4 Å². The summed E-state index contributed by atoms with van der Waals surface area (Å²) in [5, 5.41) is 6.18. The van der Waals surface area contributed by atoms with Gasteiger partial charge in [-0.3, -0.25) is 4.79 Å². The van der Waals surface area contributed by atoms with E-state index in [9.17, 15) is 4.79 Å². The van der Waals surface area contributed by atoms with Crippen LogP contribution in [0, 0.1) is 0 Å². The van der Waals surface area contributed by atoms with Crippen molar-refractivity contribution in [2.24, 2.45) is 0 Å². The summed E-state index contributed by atoms with van der Waals surface area (Å²) in [4.78, 5) is 11.9. The van der Waals surface area contributed by atoms with Crippen LogP contribution in [0.5, 0.6) is 5.75 Å². The summed E-state index contributed by atoms with van der Waals surface area (Å²) in [5.74, 6) is 1.17. The minimum absolute atomic E-state index is 0.0684. The minimum atomic E-state index is -0.0709. The summed E-state index contributed by atoms with van der Waals surface area (Å²) < 4.78 is 5.72. The molecule has 1 atom stereocenters. The number of benzene rings is 1. The van der Waals surface area contributed by atoms with Crippen LogP contribution in [0.1, 0.15) is 38.2 Å². The number of hydrogen-bond donors (Lipinski definition) is 2. The minimum Gasteiger partial charge on any atom is -0.483 e. The monoisotopic (exact) mass is 302 g/mol. The highest BCUT2D eigenvalue weighted by Gasteiger charge is 2.11. The molecule has 0 bridgehead atoms. The quantitative estimate of drug-likeness (QED) is 0.761. The van der Waals surface area contributed by atoms with Crippen LogP contribution < -0.4 is 15.4 Å². The van der Waals surface area contributed by atoms with Crippen LogP contribution in [-0.4, -0.2) is 32.1 Å². The first-order valence-corrected chi connectivity index (χ1v) is 8.07. The normalized spacial score (nSPS) is 15.8. The van der Waals surface area contributed by atoms with Crippen molar-refractivity contribution in [2.45, 2.75) is 32.6 Å². The van der Waals surface area contributed by atoms with E-state index in [1.54, 1.807) is 0 Å². The van der Waals surface area contributed by atoms with Crippen LogP contribution in [0.25, 0.3) is 0 Å². The Morgan fingerprint density at radius 2 is 2.23 bits per heavy atom. The van der Waals surface area contributed by atoms with Crippen molar-refractivity contribution in [3.05, 3.63) is 41.5 Å². The van der Waals surface area contributed by atoms with Crippen LogP contribution >= 0.6 is 0 Å². The largest absolute Gasteiger partial charge is 0.483 e. The second-order valence-electron chi connectivity index (χ2n) is 5.73. The van der Waals surface area contributed by atoms with E-state index in [1.165, 1.54) is 11.1 Å². The third-order valence-corrected chi connectivity index (χ3v) is 4.09. The SMILES string of the molecule is CCC(C)c1ccccc1OCC(=O)NCC1=CCNCC1. The number of amides is 1. The fourth-order valence-corrected chi connectivity index (χ4v) is 2.48. The summed E-state index contributed by atoms with van der Waals surface area (Å²) in [6.07, 6.45) is 4.19. The molecule has 1 aliphatic rings. The molecule has 22 heavy (non-hydrogen) atoms. The van der Waals surface area contributed by atoms with E-state index in [1.807, 2.05) is 18.2 Å². The maximum Gasteiger partial charge on any atom is 0.258 e. The zero-order valence-corrected chi connectivity index (χ0v) is 13.5. The fourth-order valence-electron chi connectivity index (χ4n) is 2.48. The highest BCUT2D eigenvalue weighted by atomic mass is 16.5. The number of hydrogen-bond acceptors (Lipinski definition) is 3. The summed E-state index contributed by atoms with van der Waals surface area (Å²) in [6.45, 7) is 6.90. The Bertz CT molecular complexity index is 526. The van der Waals surface area contributed by atoms with Gasteiger partial charge in [-0.15, -0.1) is 0 Å². The van der Waals surface area contributed by atoms with Gasteiger partial charge in [0, 0.05) is 13.1 Å². The summed E-state index contributed by atoms with van der Waals surface area (Å²) in [5.41, 5.74) is 2.45. The molecular weight excluding hydrogens is 276 g/mol. The van der Waals surface area contributed by atoms with Crippen LogP contribution in [0.3, 0.4) is 0 Å². The summed E-state index contributed by atoms with van der Waals surface area (Å²) in [6, 6.07) is 7.96. The van der Waals surface area contributed by atoms with Gasteiger partial charge in [0.1, 0.15) is 5.75 Å². The van der Waals surface area contributed by atoms with Gasteiger partial charge in [0.2, 0.25) is 0 Å². The van der Waals surface area contributed by atoms with Crippen LogP contribution in [0.15, 0.2) is 35.9 Å². The van der Waals surface area contributed by atoms with Crippen molar-refractivity contribution < 1.29 is 9.53 Å². The van der Waals surface area contributed by atoms with Crippen molar-refractivity contribution in [1.29, 1.82) is 0 Å². The van der Waals surface area contributed by atoms with Crippen molar-refractivity contribution in [3.63, 3.8) is 0 Å². The molecule has 0 spiro atoms. The first-order chi connectivity index (χ1) is 10.7. The number of carbonyl (C=O) groups excluding carboxylic acids is 1. The summed E-state index contributed by atoms with van der Waals surface area (Å²) in [7, 11) is 0. The average molecular weight is 302 g/mol. The van der Waals surface area contributed by atoms with E-state index < -0.39 is 0 Å². The van der Waals surface area contributed by atoms with Crippen LogP contribution in [-0.2, 0) is 4.79 Å². The molecule has 4 nitrogen and oxygen atoms in total. The molecular formula is C18H26N2O2. The molecule has 120 valence electrons. The number of para-hydroxylation sites is 1. The predicted octanol–water partition coefficient (Wildman–Crippen LogP) is 2.61. The molecule has 0 radical (unpaired) electrons. The van der Waals surface area contributed by atoms with Gasteiger partial charge in [-0.2, -0.15) is 0 Å². The zero-order valence-electron chi connectivity index (χ0n) is 13.5. The van der Waals surface area contributed by atoms with Gasteiger partial charge in [0.25, 0.3) is 5.91 Å². The Balaban J connectivity index is 1.82. The van der Waals surface area contributed by atoms with Crippen molar-refractivity contribution >= 4 is 5.91 Å². The van der Waals surface area contributed by atoms with Gasteiger partial charge >= 0.3 is 0 Å². The average Bonchev–Trinajstić information content (AvgIpc) is 2.58. The molecule has 0 saturated carbocycles. The first-order valence-electron chi connectivity index (χ1n) is 8.07. The molecule has 1 heterocycles. The van der Waals surface area contributed by atoms with Gasteiger partial charge in [-0.05, 0) is 36.9 Å². The molecule has 1 aliphatic heterocycles. The molecule has 1 aromatic carbocycles. The molecule has 2 rings (SSSR count). The van der Waals surface area contributed by atoms with E-state index in [4.69, 9.17) is 4.74 Å². The van der Waals surface area contributed by atoms with E-state index in [-0.39, 0.29) is 12.5 Å². The van der Waals surface area contributed by atoms with Crippen LogP contribution in [0.2, 0.25) is 0 Å². The van der Waals surface area contributed by atoms with Gasteiger partial charge in [-0.1, -0.05) is 43.7 Å². The standard InChI is InChI=1S/C18H26N2O2/c1-3-14(2)16-6-4-5-7-17(16)22-13-18(21)20-12-15-8-10-19-11-9-15/h4-8,14,19H,3,9-13H2,1-2H3,(H,20,21). The Kier molecular flexibility index (Phi) is 6.46. The molecule has 0 fully saturated rings. The van der Waals surface area contributed by atoms with Gasteiger partial charge in [0.15, 0.2) is 6.61 Å². The Hall–Kier alpha value is -1.81. The third-order valence-electron chi connectivity index (χ3n) is 4.09. The van der Waals surface area contributed by atoms with Gasteiger partial charge in [0.05, 0.1) is 0 Å². The number of nitrogens with one attached hydrogen (secondary N) is 2. The smallest absolute Gasteiger partial charge is 0.258 e. The van der Waals surface area contributed by atoms with Crippen molar-refractivity contribution in [3.8, 4) is 5.75 Å². The molecule has 0 aromatic heterocycles. The molecule has 0 saturated heterocycles.